The third-order valence-corrected chi connectivity index (χ3v) is 2.15. The Morgan fingerprint density at radius 1 is 1.33 bits per heavy atom. The molecule has 0 unspecified atom stereocenters. The maximum absolute atomic E-state index is 5.42. The Morgan fingerprint density at radius 3 is 2.83 bits per heavy atom. The SMILES string of the molecule is C#C[C@H]1Cc2ccccc2CO1. The van der Waals surface area contributed by atoms with Crippen molar-refractivity contribution in [2.45, 2.75) is 19.1 Å². The van der Waals surface area contributed by atoms with Crippen molar-refractivity contribution < 1.29 is 4.74 Å². The molecule has 12 heavy (non-hydrogen) atoms. The highest BCUT2D eigenvalue weighted by Gasteiger charge is 2.15. The summed E-state index contributed by atoms with van der Waals surface area (Å²) in [5.41, 5.74) is 2.59. The molecule has 1 heterocycles. The summed E-state index contributed by atoms with van der Waals surface area (Å²) in [7, 11) is 0. The molecule has 0 spiro atoms. The van der Waals surface area contributed by atoms with Gasteiger partial charge in [0.25, 0.3) is 0 Å². The predicted octanol–water partition coefficient (Wildman–Crippen LogP) is 1.76. The van der Waals surface area contributed by atoms with Crippen molar-refractivity contribution in [3.8, 4) is 12.3 Å². The minimum atomic E-state index is -0.0279. The average molecular weight is 158 g/mol. The first-order valence-corrected chi connectivity index (χ1v) is 4.04. The number of fused-ring (bicyclic) bond motifs is 1. The minimum absolute atomic E-state index is 0.0279. The lowest BCUT2D eigenvalue weighted by Crippen LogP contribution is -2.20. The fourth-order valence-electron chi connectivity index (χ4n) is 1.45. The third kappa shape index (κ3) is 1.22. The van der Waals surface area contributed by atoms with E-state index in [0.29, 0.717) is 6.61 Å². The molecule has 2 rings (SSSR count). The Balaban J connectivity index is 2.30. The van der Waals surface area contributed by atoms with Gasteiger partial charge in [-0.3, -0.25) is 0 Å². The van der Waals surface area contributed by atoms with Gasteiger partial charge < -0.3 is 4.74 Å². The lowest BCUT2D eigenvalue weighted by Gasteiger charge is -2.20. The molecule has 1 aromatic rings. The highest BCUT2D eigenvalue weighted by Crippen LogP contribution is 2.19. The number of hydrogen-bond acceptors (Lipinski definition) is 1. The van der Waals surface area contributed by atoms with Crippen LogP contribution in [0.3, 0.4) is 0 Å². The summed E-state index contributed by atoms with van der Waals surface area (Å²) in [6, 6.07) is 8.26. The van der Waals surface area contributed by atoms with E-state index in [9.17, 15) is 0 Å². The molecule has 0 aromatic heterocycles. The normalized spacial score (nSPS) is 21.1. The van der Waals surface area contributed by atoms with Gasteiger partial charge in [-0.2, -0.15) is 0 Å². The number of hydrogen-bond donors (Lipinski definition) is 0. The summed E-state index contributed by atoms with van der Waals surface area (Å²) in [6.07, 6.45) is 6.11. The molecular weight excluding hydrogens is 148 g/mol. The van der Waals surface area contributed by atoms with Crippen molar-refractivity contribution >= 4 is 0 Å². The van der Waals surface area contributed by atoms with Gasteiger partial charge in [-0.15, -0.1) is 6.42 Å². The van der Waals surface area contributed by atoms with E-state index in [1.54, 1.807) is 0 Å². The van der Waals surface area contributed by atoms with E-state index >= 15 is 0 Å². The molecular formula is C11H10O. The zero-order valence-electron chi connectivity index (χ0n) is 6.79. The van der Waals surface area contributed by atoms with Crippen LogP contribution in [0.4, 0.5) is 0 Å². The molecule has 0 N–H and O–H groups in total. The van der Waals surface area contributed by atoms with Crippen molar-refractivity contribution in [1.29, 1.82) is 0 Å². The Hall–Kier alpha value is -1.26. The Kier molecular flexibility index (Phi) is 1.85. The van der Waals surface area contributed by atoms with Crippen molar-refractivity contribution in [1.82, 2.24) is 0 Å². The third-order valence-electron chi connectivity index (χ3n) is 2.15. The average Bonchev–Trinajstić information content (AvgIpc) is 2.17. The van der Waals surface area contributed by atoms with Gasteiger partial charge in [0.15, 0.2) is 0 Å². The molecule has 1 aliphatic rings. The number of benzene rings is 1. The molecule has 1 nitrogen and oxygen atoms in total. The maximum atomic E-state index is 5.42. The van der Waals surface area contributed by atoms with Crippen LogP contribution in [0.1, 0.15) is 11.1 Å². The monoisotopic (exact) mass is 158 g/mol. The largest absolute Gasteiger partial charge is 0.361 e. The molecule has 0 radical (unpaired) electrons. The van der Waals surface area contributed by atoms with E-state index in [2.05, 4.69) is 18.1 Å². The number of rotatable bonds is 0. The molecule has 1 aliphatic heterocycles. The molecule has 0 saturated heterocycles. The van der Waals surface area contributed by atoms with E-state index in [1.807, 2.05) is 12.1 Å². The van der Waals surface area contributed by atoms with E-state index in [0.717, 1.165) is 6.42 Å². The Bertz CT molecular complexity index is 322. The van der Waals surface area contributed by atoms with Gasteiger partial charge in [0.05, 0.1) is 6.61 Å². The van der Waals surface area contributed by atoms with Crippen molar-refractivity contribution in [2.75, 3.05) is 0 Å². The molecule has 0 bridgehead atoms. The van der Waals surface area contributed by atoms with Crippen molar-refractivity contribution in [2.24, 2.45) is 0 Å². The van der Waals surface area contributed by atoms with Crippen molar-refractivity contribution in [3.63, 3.8) is 0 Å². The molecule has 0 saturated carbocycles. The molecule has 1 heteroatoms. The van der Waals surface area contributed by atoms with Crippen LogP contribution in [0, 0.1) is 12.3 Å². The second kappa shape index (κ2) is 3.00. The van der Waals surface area contributed by atoms with Crippen LogP contribution in [-0.4, -0.2) is 6.10 Å². The first-order valence-electron chi connectivity index (χ1n) is 4.04. The molecule has 1 atom stereocenters. The summed E-state index contributed by atoms with van der Waals surface area (Å²) in [5.74, 6) is 2.62. The van der Waals surface area contributed by atoms with Crippen LogP contribution in [-0.2, 0) is 17.8 Å². The van der Waals surface area contributed by atoms with E-state index in [-0.39, 0.29) is 6.10 Å². The summed E-state index contributed by atoms with van der Waals surface area (Å²) in [6.45, 7) is 0.658. The standard InChI is InChI=1S/C11H10O/c1-2-11-7-9-5-3-4-6-10(9)8-12-11/h1,3-6,11H,7-8H2/t11-/m0/s1. The maximum Gasteiger partial charge on any atom is 0.122 e. The van der Waals surface area contributed by atoms with Crippen LogP contribution < -0.4 is 0 Å². The summed E-state index contributed by atoms with van der Waals surface area (Å²) >= 11 is 0. The van der Waals surface area contributed by atoms with Gasteiger partial charge in [0.2, 0.25) is 0 Å². The lowest BCUT2D eigenvalue weighted by molar-refractivity contribution is 0.0657. The second-order valence-corrected chi connectivity index (χ2v) is 2.94. The highest BCUT2D eigenvalue weighted by atomic mass is 16.5. The summed E-state index contributed by atoms with van der Waals surface area (Å²) in [4.78, 5) is 0. The zero-order valence-corrected chi connectivity index (χ0v) is 6.79. The Morgan fingerprint density at radius 2 is 2.08 bits per heavy atom. The van der Waals surface area contributed by atoms with Crippen LogP contribution in [0.25, 0.3) is 0 Å². The zero-order chi connectivity index (χ0) is 8.39. The number of terminal acetylenes is 1. The van der Waals surface area contributed by atoms with Gasteiger partial charge in [-0.1, -0.05) is 30.2 Å². The minimum Gasteiger partial charge on any atom is -0.361 e. The van der Waals surface area contributed by atoms with Crippen LogP contribution in [0.15, 0.2) is 24.3 Å². The first-order chi connectivity index (χ1) is 5.90. The fraction of sp³-hybridized carbons (Fsp3) is 0.273. The fourth-order valence-corrected chi connectivity index (χ4v) is 1.45. The smallest absolute Gasteiger partial charge is 0.122 e. The highest BCUT2D eigenvalue weighted by molar-refractivity contribution is 5.30. The van der Waals surface area contributed by atoms with E-state index < -0.39 is 0 Å². The van der Waals surface area contributed by atoms with Gasteiger partial charge >= 0.3 is 0 Å². The van der Waals surface area contributed by atoms with Gasteiger partial charge in [-0.05, 0) is 11.1 Å². The summed E-state index contributed by atoms with van der Waals surface area (Å²) < 4.78 is 5.42. The predicted molar refractivity (Wildman–Crippen MR) is 47.6 cm³/mol. The Labute approximate surface area is 72.4 Å². The van der Waals surface area contributed by atoms with Gasteiger partial charge in [0, 0.05) is 6.42 Å². The van der Waals surface area contributed by atoms with Crippen LogP contribution in [0.2, 0.25) is 0 Å². The van der Waals surface area contributed by atoms with E-state index in [1.165, 1.54) is 11.1 Å². The summed E-state index contributed by atoms with van der Waals surface area (Å²) in [5, 5.41) is 0. The van der Waals surface area contributed by atoms with Crippen molar-refractivity contribution in [3.05, 3.63) is 35.4 Å². The molecule has 0 aliphatic carbocycles. The van der Waals surface area contributed by atoms with Gasteiger partial charge in [-0.25, -0.2) is 0 Å². The van der Waals surface area contributed by atoms with Gasteiger partial charge in [0.1, 0.15) is 6.10 Å². The lowest BCUT2D eigenvalue weighted by atomic mass is 10.00. The first kappa shape index (κ1) is 7.39. The molecule has 0 fully saturated rings. The molecule has 1 aromatic carbocycles. The van der Waals surface area contributed by atoms with E-state index in [4.69, 9.17) is 11.2 Å². The number of ether oxygens (including phenoxy) is 1. The van der Waals surface area contributed by atoms with Crippen LogP contribution >= 0.6 is 0 Å². The topological polar surface area (TPSA) is 9.23 Å². The molecule has 60 valence electrons. The quantitative estimate of drug-likeness (QED) is 0.523. The van der Waals surface area contributed by atoms with Crippen LogP contribution in [0.5, 0.6) is 0 Å². The second-order valence-electron chi connectivity index (χ2n) is 2.94. The molecule has 0 amide bonds.